The second-order valence-corrected chi connectivity index (χ2v) is 9.20. The number of carbonyl (C=O) groups excluding carboxylic acids is 3. The third-order valence-corrected chi connectivity index (χ3v) is 7.60. The smallest absolute Gasteiger partial charge is 0.244 e. The summed E-state index contributed by atoms with van der Waals surface area (Å²) in [5.74, 6) is 0.705. The van der Waals surface area contributed by atoms with Crippen LogP contribution in [0.5, 0.6) is 0 Å². The van der Waals surface area contributed by atoms with Gasteiger partial charge in [-0.3, -0.25) is 19.3 Å². The zero-order valence-corrected chi connectivity index (χ0v) is 17.0. The van der Waals surface area contributed by atoms with Gasteiger partial charge in [-0.05, 0) is 47.8 Å². The van der Waals surface area contributed by atoms with Gasteiger partial charge in [0.2, 0.25) is 17.7 Å². The molecular weight excluding hydrogens is 392 g/mol. The van der Waals surface area contributed by atoms with Crippen molar-refractivity contribution in [3.8, 4) is 0 Å². The summed E-state index contributed by atoms with van der Waals surface area (Å²) in [5, 5.41) is 2.87. The molecule has 4 aliphatic carbocycles. The Balaban J connectivity index is 1.30. The summed E-state index contributed by atoms with van der Waals surface area (Å²) >= 11 is 0. The van der Waals surface area contributed by atoms with Gasteiger partial charge in [0.15, 0.2) is 0 Å². The lowest BCUT2D eigenvalue weighted by Crippen LogP contribution is -2.51. The third kappa shape index (κ3) is 2.88. The number of likely N-dealkylation sites (tertiary alicyclic amines) is 1. The molecule has 1 saturated heterocycles. The van der Waals surface area contributed by atoms with Crippen LogP contribution in [0.4, 0.5) is 0 Å². The molecule has 1 aliphatic heterocycles. The van der Waals surface area contributed by atoms with Crippen LogP contribution in [0.1, 0.15) is 17.7 Å². The molecular formula is C25H24N2O4. The van der Waals surface area contributed by atoms with Crippen molar-refractivity contribution in [3.05, 3.63) is 72.2 Å². The van der Waals surface area contributed by atoms with E-state index in [1.165, 1.54) is 4.90 Å². The largest absolute Gasteiger partial charge is 0.467 e. The first-order chi connectivity index (χ1) is 15.1. The number of nitrogens with zero attached hydrogens (tertiary/aromatic N) is 1. The van der Waals surface area contributed by atoms with Crippen molar-refractivity contribution in [3.63, 3.8) is 0 Å². The van der Waals surface area contributed by atoms with E-state index in [2.05, 4.69) is 17.5 Å². The van der Waals surface area contributed by atoms with Gasteiger partial charge in [-0.1, -0.05) is 42.5 Å². The Bertz CT molecular complexity index is 1020. The number of imide groups is 1. The van der Waals surface area contributed by atoms with E-state index in [-0.39, 0.29) is 47.9 Å². The van der Waals surface area contributed by atoms with E-state index in [4.69, 9.17) is 4.42 Å². The number of benzene rings is 1. The van der Waals surface area contributed by atoms with Gasteiger partial charge in [-0.15, -0.1) is 0 Å². The quantitative estimate of drug-likeness (QED) is 0.580. The summed E-state index contributed by atoms with van der Waals surface area (Å²) < 4.78 is 5.31. The van der Waals surface area contributed by atoms with Gasteiger partial charge >= 0.3 is 0 Å². The van der Waals surface area contributed by atoms with Crippen LogP contribution in [0.25, 0.3) is 0 Å². The number of amides is 3. The van der Waals surface area contributed by atoms with Crippen LogP contribution in [0, 0.1) is 35.5 Å². The minimum absolute atomic E-state index is 0.144. The fourth-order valence-corrected chi connectivity index (χ4v) is 6.13. The maximum Gasteiger partial charge on any atom is 0.244 e. The maximum atomic E-state index is 13.5. The highest BCUT2D eigenvalue weighted by Gasteiger charge is 2.67. The standard InChI is InChI=1S/C25H24N2O4/c28-23(26-13-15-7-4-10-31-15)20(11-14-5-2-1-3-6-14)27-24(29)21-16-8-9-17(19-12-18(16)19)22(21)25(27)30/h1-10,16-22H,11-13H2,(H,26,28)/t16-,17-,18-,19-,20-,21-,22+/m1/s1. The predicted octanol–water partition coefficient (Wildman–Crippen LogP) is 2.56. The Hall–Kier alpha value is -3.15. The van der Waals surface area contributed by atoms with Gasteiger partial charge in [0.05, 0.1) is 24.6 Å². The van der Waals surface area contributed by atoms with E-state index >= 15 is 0 Å². The molecule has 31 heavy (non-hydrogen) atoms. The summed E-state index contributed by atoms with van der Waals surface area (Å²) in [7, 11) is 0. The highest BCUT2D eigenvalue weighted by molar-refractivity contribution is 6.09. The Morgan fingerprint density at radius 1 is 1.00 bits per heavy atom. The molecule has 2 bridgehead atoms. The van der Waals surface area contributed by atoms with Crippen LogP contribution in [-0.2, 0) is 27.3 Å². The second kappa shape index (κ2) is 6.94. The van der Waals surface area contributed by atoms with E-state index in [0.717, 1.165) is 12.0 Å². The molecule has 2 heterocycles. The molecule has 158 valence electrons. The fraction of sp³-hybridized carbons (Fsp3) is 0.400. The SMILES string of the molecule is O=C(NCc1ccco1)[C@@H](Cc1ccccc1)N1C(=O)[C@@H]2[C@@H]3C=C[C@H]([C@H]4C[C@H]34)[C@@H]2C1=O. The molecule has 5 aliphatic rings. The normalized spacial score (nSPS) is 33.2. The minimum atomic E-state index is -0.862. The fourth-order valence-electron chi connectivity index (χ4n) is 6.13. The summed E-state index contributed by atoms with van der Waals surface area (Å²) in [5.41, 5.74) is 0.917. The van der Waals surface area contributed by atoms with Gasteiger partial charge in [0, 0.05) is 6.42 Å². The maximum absolute atomic E-state index is 13.5. The number of hydrogen-bond acceptors (Lipinski definition) is 4. The first-order valence-electron chi connectivity index (χ1n) is 11.0. The van der Waals surface area contributed by atoms with E-state index in [1.807, 2.05) is 30.3 Å². The van der Waals surface area contributed by atoms with E-state index in [9.17, 15) is 14.4 Å². The molecule has 2 aromatic rings. The van der Waals surface area contributed by atoms with E-state index in [0.29, 0.717) is 24.0 Å². The van der Waals surface area contributed by atoms with Crippen molar-refractivity contribution in [2.75, 3.05) is 0 Å². The van der Waals surface area contributed by atoms with Crippen molar-refractivity contribution >= 4 is 17.7 Å². The second-order valence-electron chi connectivity index (χ2n) is 9.20. The molecule has 7 atom stereocenters. The first kappa shape index (κ1) is 18.6. The lowest BCUT2D eigenvalue weighted by molar-refractivity contribution is -0.148. The molecule has 0 spiro atoms. The molecule has 0 unspecified atom stereocenters. The summed E-state index contributed by atoms with van der Waals surface area (Å²) in [6.45, 7) is 0.219. The average Bonchev–Trinajstić information content (AvgIpc) is 3.38. The Morgan fingerprint density at radius 2 is 1.68 bits per heavy atom. The number of carbonyl (C=O) groups is 3. The average molecular weight is 416 g/mol. The summed E-state index contributed by atoms with van der Waals surface area (Å²) in [4.78, 5) is 41.6. The lowest BCUT2D eigenvalue weighted by atomic mass is 9.63. The lowest BCUT2D eigenvalue weighted by Gasteiger charge is -2.37. The molecule has 1 aromatic heterocycles. The van der Waals surface area contributed by atoms with Crippen molar-refractivity contribution < 1.29 is 18.8 Å². The van der Waals surface area contributed by atoms with Crippen LogP contribution in [0.2, 0.25) is 0 Å². The molecule has 6 nitrogen and oxygen atoms in total. The Morgan fingerprint density at radius 3 is 2.29 bits per heavy atom. The Kier molecular flexibility index (Phi) is 4.16. The number of hydrogen-bond donors (Lipinski definition) is 1. The van der Waals surface area contributed by atoms with Crippen molar-refractivity contribution in [2.45, 2.75) is 25.4 Å². The molecule has 0 radical (unpaired) electrons. The number of nitrogens with one attached hydrogen (secondary N) is 1. The van der Waals surface area contributed by atoms with Gasteiger partial charge in [0.1, 0.15) is 11.8 Å². The molecule has 3 amide bonds. The molecule has 6 heteroatoms. The first-order valence-corrected chi connectivity index (χ1v) is 11.0. The van der Waals surface area contributed by atoms with Crippen molar-refractivity contribution in [1.82, 2.24) is 10.2 Å². The zero-order chi connectivity index (χ0) is 21.1. The highest BCUT2D eigenvalue weighted by atomic mass is 16.3. The number of allylic oxidation sites excluding steroid dienone is 2. The van der Waals surface area contributed by atoms with Crippen molar-refractivity contribution in [1.29, 1.82) is 0 Å². The van der Waals surface area contributed by atoms with E-state index < -0.39 is 6.04 Å². The third-order valence-electron chi connectivity index (χ3n) is 7.60. The Labute approximate surface area is 180 Å². The molecule has 3 fully saturated rings. The summed E-state index contributed by atoms with van der Waals surface area (Å²) in [6, 6.07) is 12.2. The van der Waals surface area contributed by atoms with Crippen LogP contribution >= 0.6 is 0 Å². The van der Waals surface area contributed by atoms with Gasteiger partial charge in [-0.2, -0.15) is 0 Å². The van der Waals surface area contributed by atoms with Gasteiger partial charge in [-0.25, -0.2) is 0 Å². The topological polar surface area (TPSA) is 79.6 Å². The molecule has 7 rings (SSSR count). The van der Waals surface area contributed by atoms with Crippen LogP contribution in [0.15, 0.2) is 65.3 Å². The minimum Gasteiger partial charge on any atom is -0.467 e. The van der Waals surface area contributed by atoms with Gasteiger partial charge < -0.3 is 9.73 Å². The van der Waals surface area contributed by atoms with E-state index in [1.54, 1.807) is 18.4 Å². The zero-order valence-electron chi connectivity index (χ0n) is 17.0. The van der Waals surface area contributed by atoms with Crippen LogP contribution < -0.4 is 5.32 Å². The monoisotopic (exact) mass is 416 g/mol. The van der Waals surface area contributed by atoms with Gasteiger partial charge in [0.25, 0.3) is 0 Å². The summed E-state index contributed by atoms with van der Waals surface area (Å²) in [6.07, 6.45) is 7.27. The van der Waals surface area contributed by atoms with Crippen LogP contribution in [0.3, 0.4) is 0 Å². The molecule has 1 aromatic carbocycles. The molecule has 2 saturated carbocycles. The van der Waals surface area contributed by atoms with Crippen molar-refractivity contribution in [2.24, 2.45) is 35.5 Å². The molecule has 1 N–H and O–H groups in total. The highest BCUT2D eigenvalue weighted by Crippen LogP contribution is 2.65. The van der Waals surface area contributed by atoms with Crippen LogP contribution in [-0.4, -0.2) is 28.7 Å². The number of furan rings is 1. The predicted molar refractivity (Wildman–Crippen MR) is 111 cm³/mol. The number of rotatable bonds is 6.